The molecule has 9 heteroatoms. The number of halogens is 2. The van der Waals surface area contributed by atoms with E-state index in [1.54, 1.807) is 6.20 Å². The first-order chi connectivity index (χ1) is 11.8. The number of hydrogen-bond acceptors (Lipinski definition) is 5. The lowest BCUT2D eigenvalue weighted by Gasteiger charge is -2.26. The molecule has 2 saturated heterocycles. The number of morpholine rings is 1. The lowest BCUT2D eigenvalue weighted by atomic mass is 9.93. The molecule has 1 amide bonds. The van der Waals surface area contributed by atoms with Crippen molar-refractivity contribution in [3.8, 4) is 0 Å². The average molecular weight is 408 g/mol. The fourth-order valence-electron chi connectivity index (χ4n) is 3.35. The summed E-state index contributed by atoms with van der Waals surface area (Å²) in [6.07, 6.45) is 7.62. The minimum absolute atomic E-state index is 0. The second-order valence-corrected chi connectivity index (χ2v) is 6.73. The minimum atomic E-state index is 0. The number of ether oxygens (including phenoxy) is 1. The highest BCUT2D eigenvalue weighted by molar-refractivity contribution is 5.90. The predicted molar refractivity (Wildman–Crippen MR) is 107 cm³/mol. The van der Waals surface area contributed by atoms with Gasteiger partial charge in [0.05, 0.1) is 31.6 Å². The third-order valence-electron chi connectivity index (χ3n) is 4.90. The van der Waals surface area contributed by atoms with Crippen molar-refractivity contribution >= 4 is 36.4 Å². The van der Waals surface area contributed by atoms with Gasteiger partial charge in [0.2, 0.25) is 5.91 Å². The van der Waals surface area contributed by atoms with Crippen molar-refractivity contribution in [3.05, 3.63) is 12.4 Å². The van der Waals surface area contributed by atoms with Gasteiger partial charge >= 0.3 is 0 Å². The zero-order valence-electron chi connectivity index (χ0n) is 15.2. The Morgan fingerprint density at radius 3 is 2.69 bits per heavy atom. The molecule has 0 saturated carbocycles. The molecule has 150 valence electrons. The van der Waals surface area contributed by atoms with Crippen LogP contribution in [-0.2, 0) is 16.1 Å². The summed E-state index contributed by atoms with van der Waals surface area (Å²) in [6, 6.07) is 0. The van der Waals surface area contributed by atoms with Crippen LogP contribution in [0, 0.1) is 5.92 Å². The molecule has 26 heavy (non-hydrogen) atoms. The number of hydrogen-bond donors (Lipinski definition) is 2. The standard InChI is InChI=1S/C17H29N5O2.2ClH/c23-17(2-1-15-3-5-18-6-4-15)20-16-13-19-22(14-16)8-7-21-9-11-24-12-10-21;;/h13-15,18H,1-12H2,(H,20,23);2*1H. The van der Waals surface area contributed by atoms with Crippen LogP contribution in [0.5, 0.6) is 0 Å². The van der Waals surface area contributed by atoms with Gasteiger partial charge in [0.25, 0.3) is 0 Å². The Bertz CT molecular complexity index is 517. The summed E-state index contributed by atoms with van der Waals surface area (Å²) in [5, 5.41) is 10.7. The van der Waals surface area contributed by atoms with Crippen molar-refractivity contribution in [2.24, 2.45) is 5.92 Å². The molecule has 1 aromatic rings. The molecule has 0 atom stereocenters. The van der Waals surface area contributed by atoms with Crippen molar-refractivity contribution in [1.82, 2.24) is 20.0 Å². The third-order valence-corrected chi connectivity index (χ3v) is 4.90. The van der Waals surface area contributed by atoms with E-state index in [9.17, 15) is 4.79 Å². The first-order valence-corrected chi connectivity index (χ1v) is 9.13. The first kappa shape index (κ1) is 23.2. The molecule has 0 aliphatic carbocycles. The van der Waals surface area contributed by atoms with Gasteiger partial charge in [0, 0.05) is 32.3 Å². The van der Waals surface area contributed by atoms with Gasteiger partial charge in [-0.2, -0.15) is 5.10 Å². The van der Waals surface area contributed by atoms with Crippen LogP contribution in [0.25, 0.3) is 0 Å². The summed E-state index contributed by atoms with van der Waals surface area (Å²) in [6.45, 7) is 7.58. The molecular weight excluding hydrogens is 377 g/mol. The fraction of sp³-hybridized carbons (Fsp3) is 0.765. The zero-order valence-corrected chi connectivity index (χ0v) is 16.8. The van der Waals surface area contributed by atoms with Gasteiger partial charge in [0.1, 0.15) is 0 Å². The summed E-state index contributed by atoms with van der Waals surface area (Å²) < 4.78 is 7.25. The number of nitrogens with zero attached hydrogens (tertiary/aromatic N) is 3. The van der Waals surface area contributed by atoms with Crippen LogP contribution in [0.1, 0.15) is 25.7 Å². The Morgan fingerprint density at radius 2 is 1.96 bits per heavy atom. The molecule has 3 rings (SSSR count). The van der Waals surface area contributed by atoms with Crippen molar-refractivity contribution in [1.29, 1.82) is 0 Å². The normalized spacial score (nSPS) is 18.6. The number of nitrogens with one attached hydrogen (secondary N) is 2. The van der Waals surface area contributed by atoms with E-state index in [2.05, 4.69) is 20.6 Å². The van der Waals surface area contributed by atoms with Gasteiger partial charge < -0.3 is 15.4 Å². The van der Waals surface area contributed by atoms with Gasteiger partial charge in [-0.1, -0.05) is 0 Å². The van der Waals surface area contributed by atoms with E-state index in [0.717, 1.165) is 64.6 Å². The molecule has 2 fully saturated rings. The van der Waals surface area contributed by atoms with Gasteiger partial charge in [-0.15, -0.1) is 24.8 Å². The van der Waals surface area contributed by atoms with Gasteiger partial charge in [0.15, 0.2) is 0 Å². The van der Waals surface area contributed by atoms with E-state index in [1.165, 1.54) is 12.8 Å². The second-order valence-electron chi connectivity index (χ2n) is 6.73. The van der Waals surface area contributed by atoms with E-state index < -0.39 is 0 Å². The second kappa shape index (κ2) is 12.5. The largest absolute Gasteiger partial charge is 0.379 e. The van der Waals surface area contributed by atoms with Crippen LogP contribution in [0.4, 0.5) is 5.69 Å². The summed E-state index contributed by atoms with van der Waals surface area (Å²) in [4.78, 5) is 14.5. The van der Waals surface area contributed by atoms with E-state index in [1.807, 2.05) is 10.9 Å². The molecule has 2 N–H and O–H groups in total. The SMILES string of the molecule is Cl.Cl.O=C(CCC1CCNCC1)Nc1cnn(CCN2CCOCC2)c1. The lowest BCUT2D eigenvalue weighted by molar-refractivity contribution is -0.116. The number of aromatic nitrogens is 2. The zero-order chi connectivity index (χ0) is 16.6. The Balaban J connectivity index is 0.00000169. The molecule has 0 bridgehead atoms. The van der Waals surface area contributed by atoms with E-state index in [-0.39, 0.29) is 30.7 Å². The smallest absolute Gasteiger partial charge is 0.224 e. The van der Waals surface area contributed by atoms with Crippen LogP contribution < -0.4 is 10.6 Å². The van der Waals surface area contributed by atoms with Crippen molar-refractivity contribution in [2.45, 2.75) is 32.2 Å². The van der Waals surface area contributed by atoms with Crippen molar-refractivity contribution in [2.75, 3.05) is 51.3 Å². The highest BCUT2D eigenvalue weighted by atomic mass is 35.5. The Labute approximate surface area is 168 Å². The van der Waals surface area contributed by atoms with Gasteiger partial charge in [-0.3, -0.25) is 14.4 Å². The average Bonchev–Trinajstić information content (AvgIpc) is 3.07. The van der Waals surface area contributed by atoms with Crippen LogP contribution in [0.2, 0.25) is 0 Å². The molecule has 0 aromatic carbocycles. The summed E-state index contributed by atoms with van der Waals surface area (Å²) in [5.41, 5.74) is 0.798. The first-order valence-electron chi connectivity index (χ1n) is 9.13. The Hall–Kier alpha value is -0.860. The minimum Gasteiger partial charge on any atom is -0.379 e. The van der Waals surface area contributed by atoms with Crippen LogP contribution >= 0.6 is 24.8 Å². The molecule has 0 unspecified atom stereocenters. The maximum Gasteiger partial charge on any atom is 0.224 e. The lowest BCUT2D eigenvalue weighted by Crippen LogP contribution is -2.38. The van der Waals surface area contributed by atoms with E-state index in [4.69, 9.17) is 4.74 Å². The molecule has 0 spiro atoms. The highest BCUT2D eigenvalue weighted by Crippen LogP contribution is 2.18. The van der Waals surface area contributed by atoms with Crippen molar-refractivity contribution in [3.63, 3.8) is 0 Å². The molecule has 2 aliphatic heterocycles. The third kappa shape index (κ3) is 7.80. The molecule has 1 aromatic heterocycles. The summed E-state index contributed by atoms with van der Waals surface area (Å²) >= 11 is 0. The van der Waals surface area contributed by atoms with Crippen molar-refractivity contribution < 1.29 is 9.53 Å². The highest BCUT2D eigenvalue weighted by Gasteiger charge is 2.15. The number of amides is 1. The maximum atomic E-state index is 12.1. The number of anilines is 1. The molecular formula is C17H31Cl2N5O2. The number of carbonyl (C=O) groups excluding carboxylic acids is 1. The Kier molecular flexibility index (Phi) is 11.2. The van der Waals surface area contributed by atoms with Crippen LogP contribution in [0.3, 0.4) is 0 Å². The maximum absolute atomic E-state index is 12.1. The molecule has 2 aliphatic rings. The molecule has 0 radical (unpaired) electrons. The van der Waals surface area contributed by atoms with Gasteiger partial charge in [-0.25, -0.2) is 0 Å². The van der Waals surface area contributed by atoms with Gasteiger partial charge in [-0.05, 0) is 38.3 Å². The van der Waals surface area contributed by atoms with Crippen LogP contribution in [0.15, 0.2) is 12.4 Å². The van der Waals surface area contributed by atoms with E-state index >= 15 is 0 Å². The summed E-state index contributed by atoms with van der Waals surface area (Å²) in [5.74, 6) is 0.787. The Morgan fingerprint density at radius 1 is 1.23 bits per heavy atom. The topological polar surface area (TPSA) is 71.4 Å². The number of piperidine rings is 1. The number of rotatable bonds is 7. The summed E-state index contributed by atoms with van der Waals surface area (Å²) in [7, 11) is 0. The predicted octanol–water partition coefficient (Wildman–Crippen LogP) is 1.78. The fourth-order valence-corrected chi connectivity index (χ4v) is 3.35. The molecule has 3 heterocycles. The van der Waals surface area contributed by atoms with E-state index in [0.29, 0.717) is 12.3 Å². The quantitative estimate of drug-likeness (QED) is 0.720. The molecule has 7 nitrogen and oxygen atoms in total. The van der Waals surface area contributed by atoms with Crippen LogP contribution in [-0.4, -0.2) is 66.5 Å². The monoisotopic (exact) mass is 407 g/mol. The number of carbonyl (C=O) groups is 1.